The molecule has 0 atom stereocenters. The zero-order chi connectivity index (χ0) is 19.8. The zero-order valence-corrected chi connectivity index (χ0v) is 16.2. The molecule has 0 unspecified atom stereocenters. The summed E-state index contributed by atoms with van der Waals surface area (Å²) in [5.41, 5.74) is 5.91. The average molecular weight is 388 g/mol. The van der Waals surface area contributed by atoms with Gasteiger partial charge < -0.3 is 10.1 Å². The summed E-state index contributed by atoms with van der Waals surface area (Å²) in [6.45, 7) is 0.529. The Morgan fingerprint density at radius 1 is 1.10 bits per heavy atom. The van der Waals surface area contributed by atoms with Gasteiger partial charge in [0, 0.05) is 29.4 Å². The highest BCUT2D eigenvalue weighted by Gasteiger charge is 2.21. The fourth-order valence-corrected chi connectivity index (χ4v) is 3.90. The van der Waals surface area contributed by atoms with Gasteiger partial charge >= 0.3 is 0 Å². The molecule has 6 heteroatoms. The van der Waals surface area contributed by atoms with Gasteiger partial charge in [0.1, 0.15) is 17.4 Å². The summed E-state index contributed by atoms with van der Waals surface area (Å²) >= 11 is 0. The summed E-state index contributed by atoms with van der Waals surface area (Å²) in [4.78, 5) is 4.84. The molecule has 2 aromatic heterocycles. The molecule has 2 aromatic carbocycles. The first-order chi connectivity index (χ1) is 14.2. The van der Waals surface area contributed by atoms with Crippen LogP contribution in [-0.2, 0) is 19.4 Å². The topological polar surface area (TPSA) is 51.5 Å². The second-order valence-electron chi connectivity index (χ2n) is 7.25. The van der Waals surface area contributed by atoms with E-state index in [9.17, 15) is 4.39 Å². The summed E-state index contributed by atoms with van der Waals surface area (Å²) in [5, 5.41) is 8.31. The third kappa shape index (κ3) is 3.31. The van der Waals surface area contributed by atoms with Crippen molar-refractivity contribution in [1.82, 2.24) is 14.6 Å². The minimum Gasteiger partial charge on any atom is -0.497 e. The Balaban J connectivity index is 1.55. The van der Waals surface area contributed by atoms with Crippen molar-refractivity contribution in [3.05, 3.63) is 77.2 Å². The molecule has 0 aliphatic heterocycles. The van der Waals surface area contributed by atoms with Gasteiger partial charge in [0.15, 0.2) is 5.65 Å². The van der Waals surface area contributed by atoms with Crippen molar-refractivity contribution in [2.75, 3.05) is 12.4 Å². The molecule has 2 heterocycles. The van der Waals surface area contributed by atoms with E-state index in [1.54, 1.807) is 19.2 Å². The number of ether oxygens (including phenoxy) is 1. The number of methoxy groups -OCH3 is 1. The van der Waals surface area contributed by atoms with Crippen LogP contribution in [0.15, 0.2) is 54.6 Å². The smallest absolute Gasteiger partial charge is 0.158 e. The SMILES string of the molecule is COc1ccc(-c2cc3nc4c(c(NCc5cccc(F)c5)n3n2)CCC4)cc1. The fourth-order valence-electron chi connectivity index (χ4n) is 3.90. The Bertz CT molecular complexity index is 1180. The Kier molecular flexibility index (Phi) is 4.39. The maximum atomic E-state index is 13.5. The van der Waals surface area contributed by atoms with Crippen LogP contribution in [0.3, 0.4) is 0 Å². The molecule has 1 N–H and O–H groups in total. The van der Waals surface area contributed by atoms with Gasteiger partial charge in [0.2, 0.25) is 0 Å². The minimum atomic E-state index is -0.227. The molecule has 0 saturated carbocycles. The third-order valence-corrected chi connectivity index (χ3v) is 5.36. The minimum absolute atomic E-state index is 0.227. The first-order valence-corrected chi connectivity index (χ1v) is 9.75. The molecular formula is C23H21FN4O. The van der Waals surface area contributed by atoms with Crippen molar-refractivity contribution >= 4 is 11.5 Å². The van der Waals surface area contributed by atoms with Gasteiger partial charge in [-0.2, -0.15) is 9.61 Å². The van der Waals surface area contributed by atoms with Gasteiger partial charge in [-0.1, -0.05) is 12.1 Å². The Hall–Kier alpha value is -3.41. The maximum absolute atomic E-state index is 13.5. The van der Waals surface area contributed by atoms with E-state index in [4.69, 9.17) is 14.8 Å². The molecule has 1 aliphatic carbocycles. The predicted molar refractivity (Wildman–Crippen MR) is 111 cm³/mol. The van der Waals surface area contributed by atoms with Crippen LogP contribution in [0.5, 0.6) is 5.75 Å². The van der Waals surface area contributed by atoms with E-state index in [1.807, 2.05) is 40.9 Å². The summed E-state index contributed by atoms with van der Waals surface area (Å²) in [5.74, 6) is 1.54. The van der Waals surface area contributed by atoms with E-state index in [0.717, 1.165) is 59.0 Å². The van der Waals surface area contributed by atoms with E-state index >= 15 is 0 Å². The lowest BCUT2D eigenvalue weighted by molar-refractivity contribution is 0.415. The van der Waals surface area contributed by atoms with E-state index in [2.05, 4.69) is 5.32 Å². The number of halogens is 1. The normalized spacial score (nSPS) is 12.9. The molecule has 1 aliphatic rings. The van der Waals surface area contributed by atoms with Crippen molar-refractivity contribution in [1.29, 1.82) is 0 Å². The van der Waals surface area contributed by atoms with E-state index < -0.39 is 0 Å². The summed E-state index contributed by atoms with van der Waals surface area (Å²) in [6.07, 6.45) is 3.04. The molecule has 0 amide bonds. The monoisotopic (exact) mass is 388 g/mol. The largest absolute Gasteiger partial charge is 0.497 e. The Morgan fingerprint density at radius 3 is 2.76 bits per heavy atom. The van der Waals surface area contributed by atoms with Gasteiger partial charge in [-0.15, -0.1) is 0 Å². The van der Waals surface area contributed by atoms with Crippen LogP contribution in [0.2, 0.25) is 0 Å². The number of rotatable bonds is 5. The van der Waals surface area contributed by atoms with Gasteiger partial charge in [-0.3, -0.25) is 0 Å². The van der Waals surface area contributed by atoms with Gasteiger partial charge in [0.05, 0.1) is 12.8 Å². The molecule has 5 nitrogen and oxygen atoms in total. The number of nitrogens with one attached hydrogen (secondary N) is 1. The number of hydrogen-bond donors (Lipinski definition) is 1. The molecule has 0 saturated heterocycles. The molecule has 29 heavy (non-hydrogen) atoms. The summed E-state index contributed by atoms with van der Waals surface area (Å²) in [7, 11) is 1.65. The van der Waals surface area contributed by atoms with Crippen LogP contribution in [0.4, 0.5) is 10.2 Å². The maximum Gasteiger partial charge on any atom is 0.158 e. The molecule has 0 bridgehead atoms. The molecule has 146 valence electrons. The van der Waals surface area contributed by atoms with Crippen molar-refractivity contribution in [2.45, 2.75) is 25.8 Å². The molecule has 4 aromatic rings. The van der Waals surface area contributed by atoms with Crippen LogP contribution in [0.25, 0.3) is 16.9 Å². The first kappa shape index (κ1) is 17.7. The molecule has 0 radical (unpaired) electrons. The highest BCUT2D eigenvalue weighted by atomic mass is 19.1. The number of anilines is 1. The second kappa shape index (κ2) is 7.20. The summed E-state index contributed by atoms with van der Waals surface area (Å²) < 4.78 is 20.7. The molecule has 5 rings (SSSR count). The lowest BCUT2D eigenvalue weighted by Crippen LogP contribution is -2.10. The van der Waals surface area contributed by atoms with Gasteiger partial charge in [-0.05, 0) is 61.2 Å². The quantitative estimate of drug-likeness (QED) is 0.541. The van der Waals surface area contributed by atoms with E-state index in [0.29, 0.717) is 6.54 Å². The number of benzene rings is 2. The molecular weight excluding hydrogens is 367 g/mol. The number of fused-ring (bicyclic) bond motifs is 2. The standard InChI is InChI=1S/C23H21FN4O/c1-29-18-10-8-16(9-11-18)21-13-22-26-20-7-3-6-19(20)23(28(22)27-21)25-14-15-4-2-5-17(24)12-15/h2,4-5,8-13,25H,3,6-7,14H2,1H3. The summed E-state index contributed by atoms with van der Waals surface area (Å²) in [6, 6.07) is 16.5. The van der Waals surface area contributed by atoms with Crippen LogP contribution in [0.1, 0.15) is 23.2 Å². The lowest BCUT2D eigenvalue weighted by Gasteiger charge is -2.13. The third-order valence-electron chi connectivity index (χ3n) is 5.36. The van der Waals surface area contributed by atoms with Crippen molar-refractivity contribution in [2.24, 2.45) is 0 Å². The van der Waals surface area contributed by atoms with Crippen LogP contribution in [0, 0.1) is 5.82 Å². The Labute approximate surface area is 168 Å². The van der Waals surface area contributed by atoms with E-state index in [-0.39, 0.29) is 5.82 Å². The van der Waals surface area contributed by atoms with Crippen molar-refractivity contribution in [3.8, 4) is 17.0 Å². The number of hydrogen-bond acceptors (Lipinski definition) is 4. The number of aromatic nitrogens is 3. The van der Waals surface area contributed by atoms with E-state index in [1.165, 1.54) is 11.6 Å². The van der Waals surface area contributed by atoms with Gasteiger partial charge in [0.25, 0.3) is 0 Å². The fraction of sp³-hybridized carbons (Fsp3) is 0.217. The molecule has 0 fully saturated rings. The first-order valence-electron chi connectivity index (χ1n) is 9.75. The lowest BCUT2D eigenvalue weighted by atomic mass is 10.1. The molecule has 0 spiro atoms. The Morgan fingerprint density at radius 2 is 1.97 bits per heavy atom. The average Bonchev–Trinajstić information content (AvgIpc) is 3.38. The van der Waals surface area contributed by atoms with Crippen molar-refractivity contribution in [3.63, 3.8) is 0 Å². The predicted octanol–water partition coefficient (Wildman–Crippen LogP) is 4.64. The number of aryl methyl sites for hydroxylation is 1. The van der Waals surface area contributed by atoms with Crippen LogP contribution < -0.4 is 10.1 Å². The van der Waals surface area contributed by atoms with Crippen molar-refractivity contribution < 1.29 is 9.13 Å². The highest BCUT2D eigenvalue weighted by Crippen LogP contribution is 2.31. The van der Waals surface area contributed by atoms with Crippen LogP contribution >= 0.6 is 0 Å². The van der Waals surface area contributed by atoms with Gasteiger partial charge in [-0.25, -0.2) is 9.37 Å². The number of nitrogens with zero attached hydrogens (tertiary/aromatic N) is 3. The van der Waals surface area contributed by atoms with Crippen LogP contribution in [-0.4, -0.2) is 21.7 Å². The zero-order valence-electron chi connectivity index (χ0n) is 16.2. The highest BCUT2D eigenvalue weighted by molar-refractivity contribution is 5.67. The second-order valence-corrected chi connectivity index (χ2v) is 7.25.